The Hall–Kier alpha value is -2.64. The highest BCUT2D eigenvalue weighted by Crippen LogP contribution is 2.15. The van der Waals surface area contributed by atoms with Crippen LogP contribution in [-0.2, 0) is 0 Å². The normalized spacial score (nSPS) is 11.2. The van der Waals surface area contributed by atoms with Gasteiger partial charge in [-0.2, -0.15) is 0 Å². The summed E-state index contributed by atoms with van der Waals surface area (Å²) >= 11 is 0. The molecule has 0 unspecified atom stereocenters. The summed E-state index contributed by atoms with van der Waals surface area (Å²) < 4.78 is 0. The third kappa shape index (κ3) is 2.39. The van der Waals surface area contributed by atoms with Crippen LogP contribution in [0.4, 0.5) is 0 Å². The largest absolute Gasteiger partial charge is 0.148 e. The molecule has 0 heterocycles. The smallest absolute Gasteiger partial charge is 0.106 e. The van der Waals surface area contributed by atoms with Crippen molar-refractivity contribution in [2.75, 3.05) is 0 Å². The van der Waals surface area contributed by atoms with Gasteiger partial charge in [-0.1, -0.05) is 90.6 Å². The maximum absolute atomic E-state index is 4.17. The zero-order valence-corrected chi connectivity index (χ0v) is 13.9. The molecule has 0 aromatic heterocycles. The maximum atomic E-state index is 4.17. The van der Waals surface area contributed by atoms with Gasteiger partial charge >= 0.3 is 0 Å². The van der Waals surface area contributed by atoms with E-state index in [1.807, 2.05) is 0 Å². The Morgan fingerprint density at radius 2 is 1.00 bits per heavy atom. The van der Waals surface area contributed by atoms with Crippen LogP contribution < -0.4 is 10.4 Å². The molecule has 0 bridgehead atoms. The monoisotopic (exact) mass is 309 g/mol. The van der Waals surface area contributed by atoms with Gasteiger partial charge in [0.25, 0.3) is 0 Å². The first kappa shape index (κ1) is 14.0. The summed E-state index contributed by atoms with van der Waals surface area (Å²) in [6.07, 6.45) is 0. The third-order valence-corrected chi connectivity index (χ3v) is 6.80. The van der Waals surface area contributed by atoms with Crippen molar-refractivity contribution in [3.63, 3.8) is 0 Å². The van der Waals surface area contributed by atoms with Crippen LogP contribution in [0.2, 0.25) is 0 Å². The van der Waals surface area contributed by atoms with E-state index in [4.69, 9.17) is 0 Å². The number of rotatable bonds is 3. The minimum atomic E-state index is -1.03. The molecule has 0 saturated carbocycles. The van der Waals surface area contributed by atoms with Crippen LogP contribution in [-0.4, -0.2) is 8.80 Å². The van der Waals surface area contributed by atoms with E-state index >= 15 is 0 Å². The summed E-state index contributed by atoms with van der Waals surface area (Å²) in [5.74, 6) is 0. The van der Waals surface area contributed by atoms with Crippen molar-refractivity contribution in [2.45, 2.75) is 0 Å². The molecule has 23 heavy (non-hydrogen) atoms. The Kier molecular flexibility index (Phi) is 3.56. The molecule has 4 aromatic carbocycles. The molecule has 0 N–H and O–H groups in total. The third-order valence-electron chi connectivity index (χ3n) is 4.36. The van der Waals surface area contributed by atoms with E-state index < -0.39 is 8.80 Å². The van der Waals surface area contributed by atoms with Crippen LogP contribution in [0.5, 0.6) is 0 Å². The second kappa shape index (κ2) is 5.86. The van der Waals surface area contributed by atoms with Gasteiger partial charge in [-0.3, -0.25) is 0 Å². The van der Waals surface area contributed by atoms with Crippen LogP contribution in [0.15, 0.2) is 97.2 Å². The van der Waals surface area contributed by atoms with E-state index in [-0.39, 0.29) is 0 Å². The predicted octanol–water partition coefficient (Wildman–Crippen LogP) is 4.33. The van der Waals surface area contributed by atoms with Crippen molar-refractivity contribution >= 4 is 40.7 Å². The van der Waals surface area contributed by atoms with Gasteiger partial charge in [-0.05, 0) is 31.9 Å². The number of hydrogen-bond acceptors (Lipinski definition) is 0. The predicted molar refractivity (Wildman–Crippen MR) is 103 cm³/mol. The topological polar surface area (TPSA) is 0 Å². The maximum Gasteiger partial charge on any atom is 0.148 e. The van der Waals surface area contributed by atoms with Crippen LogP contribution in [0.25, 0.3) is 21.5 Å². The number of hydrogen-bond donors (Lipinski definition) is 0. The minimum Gasteiger partial charge on any atom is -0.106 e. The summed E-state index contributed by atoms with van der Waals surface area (Å²) in [4.78, 5) is 0. The molecular formula is C22H17Si. The van der Waals surface area contributed by atoms with Gasteiger partial charge in [-0.15, -0.1) is 6.58 Å². The van der Waals surface area contributed by atoms with E-state index in [1.54, 1.807) is 0 Å². The van der Waals surface area contributed by atoms with E-state index in [0.717, 1.165) is 0 Å². The Labute approximate surface area is 138 Å². The highest BCUT2D eigenvalue weighted by Gasteiger charge is 2.17. The Morgan fingerprint density at radius 1 is 0.565 bits per heavy atom. The molecule has 4 aromatic rings. The molecule has 0 aliphatic rings. The summed E-state index contributed by atoms with van der Waals surface area (Å²) in [6, 6.07) is 30.5. The first-order valence-electron chi connectivity index (χ1n) is 7.84. The van der Waals surface area contributed by atoms with Crippen LogP contribution in [0, 0.1) is 0 Å². The zero-order valence-electron chi connectivity index (χ0n) is 12.9. The molecule has 0 nitrogen and oxygen atoms in total. The molecule has 109 valence electrons. The van der Waals surface area contributed by atoms with Crippen LogP contribution >= 0.6 is 0 Å². The summed E-state index contributed by atoms with van der Waals surface area (Å²) in [5, 5.41) is 8.12. The second-order valence-corrected chi connectivity index (χ2v) is 7.98. The Balaban J connectivity index is 1.99. The first-order chi connectivity index (χ1) is 11.4. The Bertz CT molecular complexity index is 911. The fraction of sp³-hybridized carbons (Fsp3) is 0. The fourth-order valence-electron chi connectivity index (χ4n) is 3.29. The SMILES string of the molecule is C=C[Si](c1cccc2ccccc12)c1cccc2ccccc12. The second-order valence-electron chi connectivity index (χ2n) is 5.67. The molecule has 4 rings (SSSR count). The molecule has 0 spiro atoms. The molecule has 1 heteroatoms. The summed E-state index contributed by atoms with van der Waals surface area (Å²) in [6.45, 7) is 4.17. The summed E-state index contributed by atoms with van der Waals surface area (Å²) in [7, 11) is -1.03. The lowest BCUT2D eigenvalue weighted by atomic mass is 10.1. The van der Waals surface area contributed by atoms with Crippen molar-refractivity contribution in [1.82, 2.24) is 0 Å². The minimum absolute atomic E-state index is 1.03. The lowest BCUT2D eigenvalue weighted by Gasteiger charge is -2.16. The molecular weight excluding hydrogens is 292 g/mol. The van der Waals surface area contributed by atoms with Crippen molar-refractivity contribution in [1.29, 1.82) is 0 Å². The van der Waals surface area contributed by atoms with Gasteiger partial charge in [0.2, 0.25) is 0 Å². The molecule has 0 saturated heterocycles. The van der Waals surface area contributed by atoms with Gasteiger partial charge in [-0.25, -0.2) is 0 Å². The van der Waals surface area contributed by atoms with Crippen LogP contribution in [0.3, 0.4) is 0 Å². The lowest BCUT2D eigenvalue weighted by molar-refractivity contribution is 1.76. The fourth-order valence-corrected chi connectivity index (χ4v) is 5.60. The standard InChI is InChI=1S/C22H17Si/c1-2-23(21-15-7-11-17-9-3-5-13-19(17)21)22-16-8-12-18-10-4-6-14-20(18)22/h2-16H,1H2. The van der Waals surface area contributed by atoms with Gasteiger partial charge in [0.05, 0.1) is 0 Å². The van der Waals surface area contributed by atoms with Crippen molar-refractivity contribution in [2.24, 2.45) is 0 Å². The molecule has 0 amide bonds. The molecule has 0 aliphatic carbocycles. The van der Waals surface area contributed by atoms with E-state index in [2.05, 4.69) is 97.2 Å². The zero-order chi connectivity index (χ0) is 15.6. The molecule has 1 radical (unpaired) electrons. The van der Waals surface area contributed by atoms with E-state index in [1.165, 1.54) is 31.9 Å². The van der Waals surface area contributed by atoms with Crippen molar-refractivity contribution in [3.8, 4) is 0 Å². The molecule has 0 aliphatic heterocycles. The van der Waals surface area contributed by atoms with Crippen molar-refractivity contribution in [3.05, 3.63) is 97.2 Å². The van der Waals surface area contributed by atoms with Gasteiger partial charge < -0.3 is 0 Å². The van der Waals surface area contributed by atoms with E-state index in [9.17, 15) is 0 Å². The quantitative estimate of drug-likeness (QED) is 0.494. The number of fused-ring (bicyclic) bond motifs is 2. The average Bonchev–Trinajstić information content (AvgIpc) is 2.63. The van der Waals surface area contributed by atoms with Gasteiger partial charge in [0, 0.05) is 0 Å². The molecule has 0 atom stereocenters. The lowest BCUT2D eigenvalue weighted by Crippen LogP contribution is -2.41. The average molecular weight is 309 g/mol. The highest BCUT2D eigenvalue weighted by molar-refractivity contribution is 6.92. The Morgan fingerprint density at radius 3 is 1.48 bits per heavy atom. The molecule has 0 fully saturated rings. The van der Waals surface area contributed by atoms with Gasteiger partial charge in [0.1, 0.15) is 8.80 Å². The highest BCUT2D eigenvalue weighted by atomic mass is 28.3. The number of benzene rings is 4. The van der Waals surface area contributed by atoms with Crippen molar-refractivity contribution < 1.29 is 0 Å². The van der Waals surface area contributed by atoms with Gasteiger partial charge in [0.15, 0.2) is 0 Å². The van der Waals surface area contributed by atoms with Crippen LogP contribution in [0.1, 0.15) is 0 Å². The van der Waals surface area contributed by atoms with E-state index in [0.29, 0.717) is 0 Å². The summed E-state index contributed by atoms with van der Waals surface area (Å²) in [5.41, 5.74) is 2.16. The first-order valence-corrected chi connectivity index (χ1v) is 9.42.